The molecule has 2 aliphatic rings. The Balaban J connectivity index is 1.24. The van der Waals surface area contributed by atoms with Crippen molar-refractivity contribution in [3.63, 3.8) is 0 Å². The van der Waals surface area contributed by atoms with Gasteiger partial charge in [-0.15, -0.1) is 0 Å². The predicted octanol–water partition coefficient (Wildman–Crippen LogP) is 3.05. The number of likely N-dealkylation sites (tertiary alicyclic amines) is 1. The van der Waals surface area contributed by atoms with Crippen molar-refractivity contribution in [1.82, 2.24) is 28.7 Å². The third kappa shape index (κ3) is 6.85. The van der Waals surface area contributed by atoms with Crippen molar-refractivity contribution < 1.29 is 17.9 Å². The monoisotopic (exact) mass is 604 g/mol. The topological polar surface area (TPSA) is 135 Å². The third-order valence-corrected chi connectivity index (χ3v) is 9.63. The number of amides is 1. The van der Waals surface area contributed by atoms with E-state index in [1.54, 1.807) is 18.5 Å². The maximum Gasteiger partial charge on any atom is 0.258 e. The van der Waals surface area contributed by atoms with E-state index in [-0.39, 0.29) is 29.5 Å². The molecule has 2 aromatic carbocycles. The van der Waals surface area contributed by atoms with E-state index in [1.807, 2.05) is 34.9 Å². The summed E-state index contributed by atoms with van der Waals surface area (Å²) in [6.07, 6.45) is 5.18. The van der Waals surface area contributed by atoms with Crippen LogP contribution in [0.15, 0.2) is 65.8 Å². The van der Waals surface area contributed by atoms with E-state index in [0.717, 1.165) is 31.6 Å². The standard InChI is InChI=1S/C30H36N8O4S/c39-29(24-10-6-11-25(20-24)43(40,41)38-16-18-42-19-17-38)35-30-33-27(31-12-7-15-36-13-4-5-14-36)26-28(34-30)37(22-32-26)21-23-8-2-1-3-9-23/h1-3,6,8-11,20,22H,4-5,7,12-19,21H2,(H2,31,33,34,35,39). The molecule has 2 fully saturated rings. The number of aromatic nitrogens is 4. The van der Waals surface area contributed by atoms with Gasteiger partial charge in [0.2, 0.25) is 16.0 Å². The van der Waals surface area contributed by atoms with Crippen LogP contribution < -0.4 is 10.6 Å². The molecule has 0 unspecified atom stereocenters. The van der Waals surface area contributed by atoms with Gasteiger partial charge >= 0.3 is 0 Å². The lowest BCUT2D eigenvalue weighted by Crippen LogP contribution is -2.40. The molecule has 0 bridgehead atoms. The quantitative estimate of drug-likeness (QED) is 0.248. The van der Waals surface area contributed by atoms with Gasteiger partial charge in [0, 0.05) is 25.2 Å². The number of carbonyl (C=O) groups is 1. The molecule has 43 heavy (non-hydrogen) atoms. The number of anilines is 2. The zero-order valence-corrected chi connectivity index (χ0v) is 24.8. The number of hydrogen-bond acceptors (Lipinski definition) is 9. The molecule has 0 atom stereocenters. The minimum Gasteiger partial charge on any atom is -0.379 e. The number of carbonyl (C=O) groups excluding carboxylic acids is 1. The van der Waals surface area contributed by atoms with E-state index >= 15 is 0 Å². The predicted molar refractivity (Wildman–Crippen MR) is 164 cm³/mol. The largest absolute Gasteiger partial charge is 0.379 e. The van der Waals surface area contributed by atoms with Gasteiger partial charge in [-0.25, -0.2) is 13.4 Å². The first kappa shape index (κ1) is 29.2. The molecule has 4 heterocycles. The normalized spacial score (nSPS) is 16.5. The Kier molecular flexibility index (Phi) is 8.93. The first-order chi connectivity index (χ1) is 21.0. The minimum absolute atomic E-state index is 0.0553. The zero-order valence-electron chi connectivity index (χ0n) is 24.0. The van der Waals surface area contributed by atoms with Crippen LogP contribution in [0.3, 0.4) is 0 Å². The molecule has 2 N–H and O–H groups in total. The molecule has 0 aliphatic carbocycles. The molecule has 0 spiro atoms. The van der Waals surface area contributed by atoms with Gasteiger partial charge in [0.25, 0.3) is 5.91 Å². The Morgan fingerprint density at radius 2 is 1.74 bits per heavy atom. The van der Waals surface area contributed by atoms with Crippen LogP contribution in [0, 0.1) is 0 Å². The van der Waals surface area contributed by atoms with Gasteiger partial charge < -0.3 is 19.5 Å². The summed E-state index contributed by atoms with van der Waals surface area (Å²) < 4.78 is 34.9. The van der Waals surface area contributed by atoms with E-state index in [2.05, 4.69) is 30.5 Å². The van der Waals surface area contributed by atoms with E-state index < -0.39 is 15.9 Å². The van der Waals surface area contributed by atoms with Crippen LogP contribution in [0.5, 0.6) is 0 Å². The van der Waals surface area contributed by atoms with Crippen molar-refractivity contribution in [3.05, 3.63) is 72.1 Å². The lowest BCUT2D eigenvalue weighted by molar-refractivity contribution is 0.0730. The fraction of sp³-hybridized carbons (Fsp3) is 0.400. The van der Waals surface area contributed by atoms with Gasteiger partial charge in [-0.2, -0.15) is 14.3 Å². The van der Waals surface area contributed by atoms with Crippen molar-refractivity contribution in [1.29, 1.82) is 0 Å². The summed E-state index contributed by atoms with van der Waals surface area (Å²) in [5.74, 6) is 0.139. The van der Waals surface area contributed by atoms with E-state index in [1.165, 1.54) is 29.3 Å². The maximum atomic E-state index is 13.4. The molecule has 2 aromatic heterocycles. The Hall–Kier alpha value is -3.91. The number of imidazole rings is 1. The number of benzene rings is 2. The number of sulfonamides is 1. The molecular formula is C30H36N8O4S. The fourth-order valence-corrected chi connectivity index (χ4v) is 6.90. The third-order valence-electron chi connectivity index (χ3n) is 7.73. The summed E-state index contributed by atoms with van der Waals surface area (Å²) in [6, 6.07) is 16.0. The second kappa shape index (κ2) is 13.2. The van der Waals surface area contributed by atoms with Gasteiger partial charge in [0.15, 0.2) is 17.0 Å². The van der Waals surface area contributed by atoms with Gasteiger partial charge in [-0.3, -0.25) is 10.1 Å². The SMILES string of the molecule is O=C(Nc1nc(NCCCN2CCCC2)c2ncn(Cc3ccccc3)c2n1)c1cccc(S(=O)(=O)N2CCOCC2)c1. The van der Waals surface area contributed by atoms with Crippen LogP contribution in [0.2, 0.25) is 0 Å². The maximum absolute atomic E-state index is 13.4. The van der Waals surface area contributed by atoms with E-state index in [4.69, 9.17) is 4.74 Å². The second-order valence-electron chi connectivity index (χ2n) is 10.8. The second-order valence-corrected chi connectivity index (χ2v) is 12.7. The molecule has 4 aromatic rings. The molecule has 1 amide bonds. The van der Waals surface area contributed by atoms with Gasteiger partial charge in [0.1, 0.15) is 0 Å². The number of rotatable bonds is 11. The summed E-state index contributed by atoms with van der Waals surface area (Å²) in [5.41, 5.74) is 2.48. The summed E-state index contributed by atoms with van der Waals surface area (Å²) in [7, 11) is -3.76. The molecule has 226 valence electrons. The molecular weight excluding hydrogens is 568 g/mol. The van der Waals surface area contributed by atoms with E-state index in [0.29, 0.717) is 43.3 Å². The summed E-state index contributed by atoms with van der Waals surface area (Å²) in [4.78, 5) is 29.8. The van der Waals surface area contributed by atoms with Gasteiger partial charge in [-0.1, -0.05) is 36.4 Å². The Labute approximate surface area is 251 Å². The van der Waals surface area contributed by atoms with E-state index in [9.17, 15) is 13.2 Å². The zero-order chi connectivity index (χ0) is 29.6. The van der Waals surface area contributed by atoms with Crippen molar-refractivity contribution in [2.45, 2.75) is 30.7 Å². The number of hydrogen-bond donors (Lipinski definition) is 2. The summed E-state index contributed by atoms with van der Waals surface area (Å²) >= 11 is 0. The van der Waals surface area contributed by atoms with Crippen LogP contribution in [-0.4, -0.2) is 95.5 Å². The van der Waals surface area contributed by atoms with Crippen molar-refractivity contribution in [2.75, 3.05) is 63.1 Å². The Morgan fingerprint density at radius 1 is 0.953 bits per heavy atom. The molecule has 13 heteroatoms. The highest BCUT2D eigenvalue weighted by Gasteiger charge is 2.27. The summed E-state index contributed by atoms with van der Waals surface area (Å²) in [6.45, 7) is 5.79. The molecule has 0 radical (unpaired) electrons. The van der Waals surface area contributed by atoms with Crippen LogP contribution >= 0.6 is 0 Å². The number of morpholine rings is 1. The van der Waals surface area contributed by atoms with Gasteiger partial charge in [0.05, 0.1) is 31.0 Å². The first-order valence-electron chi connectivity index (χ1n) is 14.7. The molecule has 2 aliphatic heterocycles. The van der Waals surface area contributed by atoms with Crippen molar-refractivity contribution in [3.8, 4) is 0 Å². The highest BCUT2D eigenvalue weighted by Crippen LogP contribution is 2.23. The van der Waals surface area contributed by atoms with Gasteiger partial charge in [-0.05, 0) is 62.7 Å². The Bertz CT molecular complexity index is 1670. The van der Waals surface area contributed by atoms with Crippen molar-refractivity contribution in [2.24, 2.45) is 0 Å². The molecule has 0 saturated carbocycles. The number of fused-ring (bicyclic) bond motifs is 1. The fourth-order valence-electron chi connectivity index (χ4n) is 5.44. The highest BCUT2D eigenvalue weighted by atomic mass is 32.2. The smallest absolute Gasteiger partial charge is 0.258 e. The minimum atomic E-state index is -3.76. The highest BCUT2D eigenvalue weighted by molar-refractivity contribution is 7.89. The average molecular weight is 605 g/mol. The van der Waals surface area contributed by atoms with Crippen LogP contribution in [0.25, 0.3) is 11.2 Å². The Morgan fingerprint density at radius 3 is 2.53 bits per heavy atom. The number of ether oxygens (including phenoxy) is 1. The summed E-state index contributed by atoms with van der Waals surface area (Å²) in [5, 5.41) is 6.19. The van der Waals surface area contributed by atoms with Crippen molar-refractivity contribution >= 4 is 38.9 Å². The van der Waals surface area contributed by atoms with Crippen LogP contribution in [0.1, 0.15) is 35.2 Å². The van der Waals surface area contributed by atoms with Crippen LogP contribution in [0.4, 0.5) is 11.8 Å². The first-order valence-corrected chi connectivity index (χ1v) is 16.1. The lowest BCUT2D eigenvalue weighted by atomic mass is 10.2. The lowest BCUT2D eigenvalue weighted by Gasteiger charge is -2.26. The average Bonchev–Trinajstić information content (AvgIpc) is 3.71. The molecule has 12 nitrogen and oxygen atoms in total. The number of nitrogens with zero attached hydrogens (tertiary/aromatic N) is 6. The molecule has 2 saturated heterocycles. The number of nitrogens with one attached hydrogen (secondary N) is 2. The van der Waals surface area contributed by atoms with Crippen LogP contribution in [-0.2, 0) is 21.3 Å². The molecule has 6 rings (SSSR count).